The van der Waals surface area contributed by atoms with Gasteiger partial charge in [0.25, 0.3) is 0 Å². The number of aryl methyl sites for hydroxylation is 3. The molecule has 0 aliphatic heterocycles. The van der Waals surface area contributed by atoms with Gasteiger partial charge in [0.15, 0.2) is 0 Å². The summed E-state index contributed by atoms with van der Waals surface area (Å²) in [6.07, 6.45) is 3.18. The third kappa shape index (κ3) is 4.72. The number of aromatic nitrogens is 1. The van der Waals surface area contributed by atoms with E-state index in [1.807, 2.05) is 30.5 Å². The molecule has 0 radical (unpaired) electrons. The van der Waals surface area contributed by atoms with Crippen LogP contribution in [0.2, 0.25) is 0 Å². The molecule has 1 aromatic heterocycles. The van der Waals surface area contributed by atoms with Gasteiger partial charge in [0.05, 0.1) is 0 Å². The summed E-state index contributed by atoms with van der Waals surface area (Å²) in [5.74, 6) is 0.0326. The quantitative estimate of drug-likeness (QED) is 0.388. The number of H-pyrrole nitrogens is 1. The first kappa shape index (κ1) is 19.3. The fraction of sp³-hybridized carbons (Fsp3) is 0.160. The number of hydrogen-bond donors (Lipinski definition) is 2. The third-order valence-electron chi connectivity index (χ3n) is 5.01. The Morgan fingerprint density at radius 2 is 1.79 bits per heavy atom. The molecule has 0 spiro atoms. The minimum absolute atomic E-state index is 0.0326. The lowest BCUT2D eigenvalue weighted by Crippen LogP contribution is -2.12. The Morgan fingerprint density at radius 3 is 2.62 bits per heavy atom. The van der Waals surface area contributed by atoms with E-state index in [0.717, 1.165) is 22.5 Å². The summed E-state index contributed by atoms with van der Waals surface area (Å²) < 4.78 is 0. The number of anilines is 1. The minimum atomic E-state index is 0.0326. The van der Waals surface area contributed by atoms with Crippen molar-refractivity contribution in [2.24, 2.45) is 0 Å². The number of carbonyl (C=O) groups excluding carboxylic acids is 1. The molecule has 29 heavy (non-hydrogen) atoms. The average Bonchev–Trinajstić information content (AvgIpc) is 3.14. The van der Waals surface area contributed by atoms with E-state index >= 15 is 0 Å². The molecule has 1 heterocycles. The summed E-state index contributed by atoms with van der Waals surface area (Å²) in [6, 6.07) is 22.7. The maximum Gasteiger partial charge on any atom is 0.224 e. The van der Waals surface area contributed by atoms with Crippen LogP contribution in [0.3, 0.4) is 0 Å². The first-order valence-electron chi connectivity index (χ1n) is 9.78. The van der Waals surface area contributed by atoms with Crippen molar-refractivity contribution in [1.82, 2.24) is 4.98 Å². The Morgan fingerprint density at radius 1 is 1.00 bits per heavy atom. The van der Waals surface area contributed by atoms with Gasteiger partial charge in [0.1, 0.15) is 0 Å². The molecule has 0 fully saturated rings. The van der Waals surface area contributed by atoms with Gasteiger partial charge >= 0.3 is 0 Å². The zero-order chi connectivity index (χ0) is 20.2. The van der Waals surface area contributed by atoms with Crippen molar-refractivity contribution in [1.29, 1.82) is 0 Å². The largest absolute Gasteiger partial charge is 0.361 e. The number of hydrogen-bond acceptors (Lipinski definition) is 2. The van der Waals surface area contributed by atoms with Crippen molar-refractivity contribution in [3.63, 3.8) is 0 Å². The number of benzene rings is 3. The standard InChI is InChI=1S/C25H24N2OS/c1-17-7-8-18(2)24(15-17)29-21-12-10-20(11-13-21)27-25(28)14-9-19-16-26-23-6-4-3-5-22(19)23/h3-8,10-13,15-16,26H,9,14H2,1-2H3,(H,27,28). The first-order chi connectivity index (χ1) is 14.1. The van der Waals surface area contributed by atoms with Crippen LogP contribution >= 0.6 is 11.8 Å². The van der Waals surface area contributed by atoms with Gasteiger partial charge in [-0.3, -0.25) is 4.79 Å². The Hall–Kier alpha value is -2.98. The summed E-state index contributed by atoms with van der Waals surface area (Å²) in [5.41, 5.74) is 5.66. The van der Waals surface area contributed by atoms with Crippen molar-refractivity contribution in [3.05, 3.63) is 89.6 Å². The van der Waals surface area contributed by atoms with E-state index in [4.69, 9.17) is 0 Å². The normalized spacial score (nSPS) is 11.0. The second-order valence-corrected chi connectivity index (χ2v) is 8.42. The van der Waals surface area contributed by atoms with Crippen LogP contribution in [0, 0.1) is 13.8 Å². The van der Waals surface area contributed by atoms with Crippen molar-refractivity contribution in [2.45, 2.75) is 36.5 Å². The lowest BCUT2D eigenvalue weighted by molar-refractivity contribution is -0.116. The van der Waals surface area contributed by atoms with Crippen LogP contribution in [0.1, 0.15) is 23.1 Å². The van der Waals surface area contributed by atoms with Crippen molar-refractivity contribution in [2.75, 3.05) is 5.32 Å². The van der Waals surface area contributed by atoms with Crippen LogP contribution < -0.4 is 5.32 Å². The van der Waals surface area contributed by atoms with Gasteiger partial charge < -0.3 is 10.3 Å². The van der Waals surface area contributed by atoms with E-state index in [-0.39, 0.29) is 5.91 Å². The van der Waals surface area contributed by atoms with Crippen LogP contribution in [0.15, 0.2) is 82.7 Å². The number of carbonyl (C=O) groups is 1. The second-order valence-electron chi connectivity index (χ2n) is 7.30. The van der Waals surface area contributed by atoms with Gasteiger partial charge in [-0.1, -0.05) is 42.1 Å². The highest BCUT2D eigenvalue weighted by Gasteiger charge is 2.08. The van der Waals surface area contributed by atoms with E-state index in [0.29, 0.717) is 6.42 Å². The summed E-state index contributed by atoms with van der Waals surface area (Å²) in [7, 11) is 0. The van der Waals surface area contributed by atoms with Gasteiger partial charge in [0, 0.05) is 39.0 Å². The fourth-order valence-corrected chi connectivity index (χ4v) is 4.36. The Labute approximate surface area is 175 Å². The first-order valence-corrected chi connectivity index (χ1v) is 10.6. The second kappa shape index (κ2) is 8.58. The molecule has 0 aliphatic carbocycles. The molecule has 4 aromatic rings. The molecule has 1 amide bonds. The van der Waals surface area contributed by atoms with Crippen LogP contribution in [0.25, 0.3) is 10.9 Å². The lowest BCUT2D eigenvalue weighted by Gasteiger charge is -2.09. The molecule has 0 unspecified atom stereocenters. The number of amides is 1. The highest BCUT2D eigenvalue weighted by molar-refractivity contribution is 7.99. The SMILES string of the molecule is Cc1ccc(C)c(Sc2ccc(NC(=O)CCc3c[nH]c4ccccc34)cc2)c1. The average molecular weight is 401 g/mol. The van der Waals surface area contributed by atoms with Gasteiger partial charge in [-0.2, -0.15) is 0 Å². The smallest absolute Gasteiger partial charge is 0.224 e. The maximum atomic E-state index is 12.4. The number of fused-ring (bicyclic) bond motifs is 1. The van der Waals surface area contributed by atoms with E-state index in [9.17, 15) is 4.79 Å². The van der Waals surface area contributed by atoms with Gasteiger partial charge in [-0.05, 0) is 73.4 Å². The topological polar surface area (TPSA) is 44.9 Å². The fourth-order valence-electron chi connectivity index (χ4n) is 3.36. The van der Waals surface area contributed by atoms with Crippen LogP contribution in [-0.4, -0.2) is 10.9 Å². The minimum Gasteiger partial charge on any atom is -0.361 e. The summed E-state index contributed by atoms with van der Waals surface area (Å²) in [4.78, 5) is 18.1. The Kier molecular flexibility index (Phi) is 5.72. The molecule has 4 heteroatoms. The third-order valence-corrected chi connectivity index (χ3v) is 6.17. The van der Waals surface area contributed by atoms with Gasteiger partial charge in [-0.15, -0.1) is 0 Å². The number of rotatable bonds is 6. The highest BCUT2D eigenvalue weighted by atomic mass is 32.2. The van der Waals surface area contributed by atoms with E-state index < -0.39 is 0 Å². The molecule has 0 saturated heterocycles. The Bertz CT molecular complexity index is 1150. The molecular weight excluding hydrogens is 376 g/mol. The molecule has 146 valence electrons. The van der Waals surface area contributed by atoms with Gasteiger partial charge in [0.2, 0.25) is 5.91 Å². The molecule has 3 nitrogen and oxygen atoms in total. The molecule has 4 rings (SSSR count). The molecular formula is C25H24N2OS. The number of nitrogens with one attached hydrogen (secondary N) is 2. The summed E-state index contributed by atoms with van der Waals surface area (Å²) >= 11 is 1.75. The van der Waals surface area contributed by atoms with E-state index in [2.05, 4.69) is 66.6 Å². The summed E-state index contributed by atoms with van der Waals surface area (Å²) in [5, 5.41) is 4.19. The monoisotopic (exact) mass is 400 g/mol. The van der Waals surface area contributed by atoms with E-state index in [1.54, 1.807) is 11.8 Å². The van der Waals surface area contributed by atoms with Gasteiger partial charge in [-0.25, -0.2) is 0 Å². The van der Waals surface area contributed by atoms with Crippen molar-refractivity contribution < 1.29 is 4.79 Å². The van der Waals surface area contributed by atoms with Crippen LogP contribution in [-0.2, 0) is 11.2 Å². The van der Waals surface area contributed by atoms with Crippen LogP contribution in [0.4, 0.5) is 5.69 Å². The zero-order valence-corrected chi connectivity index (χ0v) is 17.5. The zero-order valence-electron chi connectivity index (χ0n) is 16.7. The van der Waals surface area contributed by atoms with Crippen molar-refractivity contribution >= 4 is 34.3 Å². The summed E-state index contributed by atoms with van der Waals surface area (Å²) in [6.45, 7) is 4.24. The van der Waals surface area contributed by atoms with Crippen molar-refractivity contribution in [3.8, 4) is 0 Å². The molecule has 3 aromatic carbocycles. The number of para-hydroxylation sites is 1. The molecule has 0 aliphatic rings. The predicted octanol–water partition coefficient (Wildman–Crippen LogP) is 6.51. The maximum absolute atomic E-state index is 12.4. The lowest BCUT2D eigenvalue weighted by atomic mass is 10.1. The molecule has 0 saturated carbocycles. The molecule has 0 atom stereocenters. The van der Waals surface area contributed by atoms with E-state index in [1.165, 1.54) is 27.0 Å². The predicted molar refractivity (Wildman–Crippen MR) is 122 cm³/mol. The Balaban J connectivity index is 1.34. The number of aromatic amines is 1. The molecule has 0 bridgehead atoms. The van der Waals surface area contributed by atoms with Crippen LogP contribution in [0.5, 0.6) is 0 Å². The highest BCUT2D eigenvalue weighted by Crippen LogP contribution is 2.31. The molecule has 2 N–H and O–H groups in total.